The Balaban J connectivity index is 2.59. The van der Waals surface area contributed by atoms with Gasteiger partial charge in [-0.25, -0.2) is 4.79 Å². The maximum Gasteiger partial charge on any atom is 0.354 e. The first-order valence-electron chi connectivity index (χ1n) is 8.54. The lowest BCUT2D eigenvalue weighted by molar-refractivity contribution is 0.0514. The topological polar surface area (TPSA) is 51.5 Å². The van der Waals surface area contributed by atoms with Crippen molar-refractivity contribution in [3.63, 3.8) is 0 Å². The van der Waals surface area contributed by atoms with Crippen LogP contribution in [0.5, 0.6) is 5.75 Å². The number of carbonyl (C=O) groups is 1. The maximum atomic E-state index is 12.1. The second kappa shape index (κ2) is 7.12. The van der Waals surface area contributed by atoms with E-state index in [9.17, 15) is 9.90 Å². The van der Waals surface area contributed by atoms with E-state index < -0.39 is 0 Å². The zero-order chi connectivity index (χ0) is 17.9. The maximum absolute atomic E-state index is 12.1. The first-order chi connectivity index (χ1) is 11.4. The van der Waals surface area contributed by atoms with Crippen molar-refractivity contribution in [1.29, 1.82) is 0 Å². The van der Waals surface area contributed by atoms with Crippen molar-refractivity contribution in [3.8, 4) is 5.75 Å². The fourth-order valence-electron chi connectivity index (χ4n) is 3.52. The molecule has 1 aromatic heterocycles. The molecule has 0 fully saturated rings. The number of nitrogens with zero attached hydrogens (tertiary/aromatic N) is 1. The summed E-state index contributed by atoms with van der Waals surface area (Å²) in [6.45, 7) is 8.39. The Morgan fingerprint density at radius 1 is 1.17 bits per heavy atom. The number of rotatable bonds is 6. The lowest BCUT2D eigenvalue weighted by Gasteiger charge is -2.34. The molecule has 0 aliphatic rings. The molecule has 0 aliphatic carbocycles. The van der Waals surface area contributed by atoms with E-state index in [0.29, 0.717) is 18.1 Å². The molecular weight excluding hydrogens is 302 g/mol. The Morgan fingerprint density at radius 3 is 2.38 bits per heavy atom. The molecule has 0 aliphatic heterocycles. The van der Waals surface area contributed by atoms with Crippen LogP contribution in [0.2, 0.25) is 0 Å². The summed E-state index contributed by atoms with van der Waals surface area (Å²) in [4.78, 5) is 12.1. The molecule has 1 heterocycles. The molecule has 130 valence electrons. The Bertz CT molecular complexity index is 726. The van der Waals surface area contributed by atoms with Crippen molar-refractivity contribution < 1.29 is 14.6 Å². The highest BCUT2D eigenvalue weighted by molar-refractivity contribution is 5.88. The fourth-order valence-corrected chi connectivity index (χ4v) is 3.52. The number of esters is 1. The Labute approximate surface area is 144 Å². The molecule has 4 nitrogen and oxygen atoms in total. The van der Waals surface area contributed by atoms with Gasteiger partial charge >= 0.3 is 5.97 Å². The van der Waals surface area contributed by atoms with Gasteiger partial charge in [0.1, 0.15) is 11.4 Å². The van der Waals surface area contributed by atoms with Gasteiger partial charge in [-0.3, -0.25) is 0 Å². The standard InChI is InChI=1S/C20H27NO3/c1-6-20(7-2,15-9-11-17(22)14(4)13-15)18-12-10-16(21(18)5)19(23)24-8-3/h9-13,22H,6-8H2,1-5H3. The predicted octanol–water partition coefficient (Wildman–Crippen LogP) is 4.32. The molecule has 0 amide bonds. The third kappa shape index (κ3) is 2.93. The summed E-state index contributed by atoms with van der Waals surface area (Å²) in [5.41, 5.74) is 3.45. The van der Waals surface area contributed by atoms with E-state index >= 15 is 0 Å². The lowest BCUT2D eigenvalue weighted by Crippen LogP contribution is -2.29. The van der Waals surface area contributed by atoms with Crippen molar-refractivity contribution in [3.05, 3.63) is 52.8 Å². The van der Waals surface area contributed by atoms with Gasteiger partial charge < -0.3 is 14.4 Å². The quantitative estimate of drug-likeness (QED) is 0.803. The SMILES string of the molecule is CCOC(=O)c1ccc(C(CC)(CC)c2ccc(O)c(C)c2)n1C. The molecule has 2 aromatic rings. The number of aromatic hydroxyl groups is 1. The predicted molar refractivity (Wildman–Crippen MR) is 95.6 cm³/mol. The summed E-state index contributed by atoms with van der Waals surface area (Å²) >= 11 is 0. The number of aryl methyl sites for hydroxylation is 1. The van der Waals surface area contributed by atoms with Crippen LogP contribution in [0.4, 0.5) is 0 Å². The first-order valence-corrected chi connectivity index (χ1v) is 8.54. The van der Waals surface area contributed by atoms with E-state index in [4.69, 9.17) is 4.74 Å². The van der Waals surface area contributed by atoms with E-state index in [1.807, 2.05) is 49.7 Å². The Kier molecular flexibility index (Phi) is 5.37. The number of phenolic OH excluding ortho intramolecular Hbond substituents is 1. The number of ether oxygens (including phenoxy) is 1. The van der Waals surface area contributed by atoms with Crippen molar-refractivity contribution in [2.24, 2.45) is 7.05 Å². The summed E-state index contributed by atoms with van der Waals surface area (Å²) in [7, 11) is 1.91. The monoisotopic (exact) mass is 329 g/mol. The number of carbonyl (C=O) groups excluding carboxylic acids is 1. The van der Waals surface area contributed by atoms with Crippen LogP contribution in [-0.2, 0) is 17.2 Å². The third-order valence-corrected chi connectivity index (χ3v) is 5.05. The molecule has 0 bridgehead atoms. The molecular formula is C20H27NO3. The van der Waals surface area contributed by atoms with E-state index in [-0.39, 0.29) is 11.4 Å². The van der Waals surface area contributed by atoms with E-state index in [1.54, 1.807) is 6.07 Å². The van der Waals surface area contributed by atoms with Crippen molar-refractivity contribution in [1.82, 2.24) is 4.57 Å². The normalized spacial score (nSPS) is 11.5. The lowest BCUT2D eigenvalue weighted by atomic mass is 9.73. The average molecular weight is 329 g/mol. The van der Waals surface area contributed by atoms with Crippen molar-refractivity contribution >= 4 is 5.97 Å². The highest BCUT2D eigenvalue weighted by Crippen LogP contribution is 2.40. The zero-order valence-corrected chi connectivity index (χ0v) is 15.2. The molecule has 2 rings (SSSR count). The summed E-state index contributed by atoms with van der Waals surface area (Å²) in [6, 6.07) is 9.62. The average Bonchev–Trinajstić information content (AvgIpc) is 2.95. The molecule has 0 saturated heterocycles. The minimum absolute atomic E-state index is 0.210. The molecule has 0 atom stereocenters. The van der Waals surface area contributed by atoms with E-state index in [2.05, 4.69) is 13.8 Å². The first kappa shape index (κ1) is 18.1. The van der Waals surface area contributed by atoms with Crippen LogP contribution < -0.4 is 0 Å². The molecule has 4 heteroatoms. The van der Waals surface area contributed by atoms with Gasteiger partial charge in [0.25, 0.3) is 0 Å². The number of phenols is 1. The van der Waals surface area contributed by atoms with E-state index in [1.165, 1.54) is 0 Å². The van der Waals surface area contributed by atoms with Crippen LogP contribution in [0, 0.1) is 6.92 Å². The second-order valence-electron chi connectivity index (χ2n) is 6.17. The molecule has 0 radical (unpaired) electrons. The summed E-state index contributed by atoms with van der Waals surface area (Å²) in [5.74, 6) is 0.00759. The van der Waals surface area contributed by atoms with Crippen LogP contribution in [0.3, 0.4) is 0 Å². The number of hydrogen-bond donors (Lipinski definition) is 1. The minimum atomic E-state index is -0.297. The van der Waals surface area contributed by atoms with Gasteiger partial charge in [-0.1, -0.05) is 26.0 Å². The van der Waals surface area contributed by atoms with Gasteiger partial charge in [-0.2, -0.15) is 0 Å². The Hall–Kier alpha value is -2.23. The number of benzene rings is 1. The van der Waals surface area contributed by atoms with Crippen LogP contribution in [0.15, 0.2) is 30.3 Å². The van der Waals surface area contributed by atoms with Crippen molar-refractivity contribution in [2.75, 3.05) is 6.61 Å². The van der Waals surface area contributed by atoms with Crippen LogP contribution in [0.25, 0.3) is 0 Å². The number of hydrogen-bond acceptors (Lipinski definition) is 3. The largest absolute Gasteiger partial charge is 0.508 e. The van der Waals surface area contributed by atoms with Crippen LogP contribution >= 0.6 is 0 Å². The fraction of sp³-hybridized carbons (Fsp3) is 0.450. The summed E-state index contributed by atoms with van der Waals surface area (Å²) in [5, 5.41) is 9.85. The second-order valence-corrected chi connectivity index (χ2v) is 6.17. The molecule has 0 unspecified atom stereocenters. The summed E-state index contributed by atoms with van der Waals surface area (Å²) in [6.07, 6.45) is 1.79. The molecule has 24 heavy (non-hydrogen) atoms. The smallest absolute Gasteiger partial charge is 0.354 e. The molecule has 0 saturated carbocycles. The highest BCUT2D eigenvalue weighted by Gasteiger charge is 2.34. The van der Waals surface area contributed by atoms with E-state index in [0.717, 1.165) is 29.7 Å². The highest BCUT2D eigenvalue weighted by atomic mass is 16.5. The third-order valence-electron chi connectivity index (χ3n) is 5.05. The zero-order valence-electron chi connectivity index (χ0n) is 15.2. The van der Waals surface area contributed by atoms with Gasteiger partial charge in [0.05, 0.1) is 6.61 Å². The van der Waals surface area contributed by atoms with Crippen molar-refractivity contribution in [2.45, 2.75) is 46.0 Å². The van der Waals surface area contributed by atoms with Gasteiger partial charge in [-0.15, -0.1) is 0 Å². The van der Waals surface area contributed by atoms with Gasteiger partial charge in [0.2, 0.25) is 0 Å². The minimum Gasteiger partial charge on any atom is -0.508 e. The molecule has 0 spiro atoms. The number of aromatic nitrogens is 1. The Morgan fingerprint density at radius 2 is 1.83 bits per heavy atom. The summed E-state index contributed by atoms with van der Waals surface area (Å²) < 4.78 is 7.09. The van der Waals surface area contributed by atoms with Gasteiger partial charge in [0, 0.05) is 18.2 Å². The van der Waals surface area contributed by atoms with Gasteiger partial charge in [0.15, 0.2) is 0 Å². The molecule has 1 aromatic carbocycles. The van der Waals surface area contributed by atoms with Crippen LogP contribution in [0.1, 0.15) is 60.9 Å². The molecule has 1 N–H and O–H groups in total. The van der Waals surface area contributed by atoms with Gasteiger partial charge in [-0.05, 0) is 56.0 Å². The van der Waals surface area contributed by atoms with Crippen LogP contribution in [-0.4, -0.2) is 22.2 Å².